The second kappa shape index (κ2) is 13.4. The smallest absolute Gasteiger partial charge is 1.00 e. The average Bonchev–Trinajstić information content (AvgIpc) is 2.22. The zero-order valence-corrected chi connectivity index (χ0v) is 11.7. The van der Waals surface area contributed by atoms with E-state index in [2.05, 4.69) is 26.5 Å². The normalized spacial score (nSPS) is 16.0. The van der Waals surface area contributed by atoms with Crippen LogP contribution < -0.4 is 51.4 Å². The minimum atomic E-state index is -2.51. The van der Waals surface area contributed by atoms with E-state index in [1.807, 2.05) is 0 Å². The van der Waals surface area contributed by atoms with Crippen LogP contribution in [0.1, 0.15) is 1.43 Å². The fourth-order valence-corrected chi connectivity index (χ4v) is 0.696. The molecule has 1 saturated heterocycles. The van der Waals surface area contributed by atoms with E-state index in [1.165, 1.54) is 0 Å². The van der Waals surface area contributed by atoms with E-state index in [1.54, 1.807) is 0 Å². The average molecular weight is 257 g/mol. The standard InChI is InChI=1S/C5H11NO.BF3O3.K.H/c1-6-2-4-7-5-3-6;2-5-1(6-3)7-4;;/h2-5H2,1H3;;;/q;;+1;-1. The molecule has 1 rings (SSSR count). The van der Waals surface area contributed by atoms with Gasteiger partial charge < -0.3 is 11.1 Å². The topological polar surface area (TPSA) is 40.2 Å². The SMILES string of the molecule is CN1CCOCC1.FOB(OF)OF.[H-].[K+]. The summed E-state index contributed by atoms with van der Waals surface area (Å²) in [6.45, 7) is 4.02. The predicted octanol–water partition coefficient (Wildman–Crippen LogP) is -2.26. The molecule has 1 aliphatic heterocycles. The summed E-state index contributed by atoms with van der Waals surface area (Å²) in [6, 6.07) is 0. The fraction of sp³-hybridized carbons (Fsp3) is 1.00. The van der Waals surface area contributed by atoms with E-state index < -0.39 is 7.32 Å². The van der Waals surface area contributed by atoms with Gasteiger partial charge in [0.2, 0.25) is 0 Å². The number of morpholine rings is 1. The Bertz CT molecular complexity index is 131. The van der Waals surface area contributed by atoms with Gasteiger partial charge >= 0.3 is 58.7 Å². The Morgan fingerprint density at radius 1 is 1.13 bits per heavy atom. The number of rotatable bonds is 3. The van der Waals surface area contributed by atoms with E-state index >= 15 is 0 Å². The third kappa shape index (κ3) is 11.6. The Balaban J connectivity index is -0.000000188. The molecule has 0 unspecified atom stereocenters. The van der Waals surface area contributed by atoms with Crippen LogP contribution >= 0.6 is 0 Å². The van der Waals surface area contributed by atoms with Crippen LogP contribution in [-0.2, 0) is 19.3 Å². The van der Waals surface area contributed by atoms with Gasteiger partial charge in [-0.3, -0.25) is 0 Å². The van der Waals surface area contributed by atoms with Crippen molar-refractivity contribution in [3.8, 4) is 0 Å². The van der Waals surface area contributed by atoms with Crippen molar-refractivity contribution >= 4 is 7.32 Å². The van der Waals surface area contributed by atoms with Gasteiger partial charge in [0.05, 0.1) is 13.2 Å². The van der Waals surface area contributed by atoms with E-state index in [9.17, 15) is 13.6 Å². The molecule has 10 heteroatoms. The van der Waals surface area contributed by atoms with Crippen LogP contribution in [0, 0.1) is 0 Å². The first-order valence-electron chi connectivity index (χ1n) is 3.83. The Morgan fingerprint density at radius 3 is 1.67 bits per heavy atom. The molecule has 0 amide bonds. The number of halogens is 3. The van der Waals surface area contributed by atoms with E-state index in [-0.39, 0.29) is 52.8 Å². The molecule has 0 bridgehead atoms. The molecule has 5 nitrogen and oxygen atoms in total. The maximum Gasteiger partial charge on any atom is 1.00 e. The summed E-state index contributed by atoms with van der Waals surface area (Å²) >= 11 is 0. The fourth-order valence-electron chi connectivity index (χ4n) is 0.696. The molecule has 0 N–H and O–H groups in total. The van der Waals surface area contributed by atoms with Gasteiger partial charge in [-0.1, -0.05) is 13.6 Å². The van der Waals surface area contributed by atoms with Crippen molar-refractivity contribution < 1.29 is 85.7 Å². The maximum atomic E-state index is 10.4. The third-order valence-corrected chi connectivity index (χ3v) is 1.45. The molecular formula is C5H12BF3KNO4. The van der Waals surface area contributed by atoms with E-state index in [0.29, 0.717) is 0 Å². The zero-order valence-electron chi connectivity index (χ0n) is 9.62. The number of likely N-dealkylation sites (N-methyl/N-ethyl adjacent to an activating group) is 1. The molecule has 0 saturated carbocycles. The zero-order chi connectivity index (χ0) is 10.8. The summed E-state index contributed by atoms with van der Waals surface area (Å²) in [4.78, 5) is 9.33. The van der Waals surface area contributed by atoms with Gasteiger partial charge in [0, 0.05) is 13.1 Å². The monoisotopic (exact) mass is 257 g/mol. The number of nitrogens with zero attached hydrogens (tertiary/aromatic N) is 1. The molecule has 1 aliphatic rings. The van der Waals surface area contributed by atoms with Gasteiger partial charge in [-0.15, -0.1) is 0 Å². The molecule has 0 aromatic heterocycles. The molecule has 0 spiro atoms. The van der Waals surface area contributed by atoms with Gasteiger partial charge in [0.1, 0.15) is 0 Å². The Kier molecular flexibility index (Phi) is 16.6. The second-order valence-electron chi connectivity index (χ2n) is 2.47. The van der Waals surface area contributed by atoms with Crippen LogP contribution in [0.2, 0.25) is 0 Å². The van der Waals surface area contributed by atoms with E-state index in [4.69, 9.17) is 4.74 Å². The van der Waals surface area contributed by atoms with Gasteiger partial charge in [0.15, 0.2) is 0 Å². The quantitative estimate of drug-likeness (QED) is 0.534. The molecule has 1 heterocycles. The van der Waals surface area contributed by atoms with Crippen molar-refractivity contribution in [3.05, 3.63) is 0 Å². The van der Waals surface area contributed by atoms with Gasteiger partial charge in [-0.2, -0.15) is 14.6 Å². The summed E-state index contributed by atoms with van der Waals surface area (Å²) in [5.74, 6) is 0. The van der Waals surface area contributed by atoms with Crippen molar-refractivity contribution in [2.75, 3.05) is 33.4 Å². The van der Waals surface area contributed by atoms with Gasteiger partial charge in [0.25, 0.3) is 0 Å². The van der Waals surface area contributed by atoms with Crippen molar-refractivity contribution in [2.45, 2.75) is 0 Å². The van der Waals surface area contributed by atoms with Crippen LogP contribution in [0.25, 0.3) is 0 Å². The van der Waals surface area contributed by atoms with Gasteiger partial charge in [-0.25, -0.2) is 0 Å². The molecule has 0 aromatic rings. The summed E-state index contributed by atoms with van der Waals surface area (Å²) in [6.07, 6.45) is 0. The van der Waals surface area contributed by atoms with Gasteiger partial charge in [-0.05, 0) is 7.05 Å². The third-order valence-electron chi connectivity index (χ3n) is 1.45. The minimum absolute atomic E-state index is 0. The summed E-state index contributed by atoms with van der Waals surface area (Å²) in [5.41, 5.74) is 0. The van der Waals surface area contributed by atoms with Crippen LogP contribution in [0.4, 0.5) is 13.6 Å². The first-order valence-corrected chi connectivity index (χ1v) is 3.83. The van der Waals surface area contributed by atoms with Crippen LogP contribution in [0.5, 0.6) is 0 Å². The maximum absolute atomic E-state index is 10.4. The molecule has 0 radical (unpaired) electrons. The largest absolute Gasteiger partial charge is 1.00 e. The molecule has 1 fully saturated rings. The van der Waals surface area contributed by atoms with E-state index in [0.717, 1.165) is 26.3 Å². The number of ether oxygens (including phenoxy) is 1. The van der Waals surface area contributed by atoms with Crippen molar-refractivity contribution in [1.29, 1.82) is 0 Å². The Morgan fingerprint density at radius 2 is 1.53 bits per heavy atom. The Hall–Kier alpha value is 1.29. The van der Waals surface area contributed by atoms with Crippen molar-refractivity contribution in [1.82, 2.24) is 4.90 Å². The number of hydrogen-bond acceptors (Lipinski definition) is 5. The molecule has 0 aliphatic carbocycles. The molecule has 15 heavy (non-hydrogen) atoms. The summed E-state index contributed by atoms with van der Waals surface area (Å²) in [7, 11) is -0.400. The minimum Gasteiger partial charge on any atom is -1.00 e. The van der Waals surface area contributed by atoms with Crippen molar-refractivity contribution in [3.63, 3.8) is 0 Å². The molecule has 0 aromatic carbocycles. The molecular weight excluding hydrogens is 245 g/mol. The molecule has 0 atom stereocenters. The van der Waals surface area contributed by atoms with Crippen LogP contribution in [-0.4, -0.2) is 45.6 Å². The second-order valence-corrected chi connectivity index (χ2v) is 2.47. The number of hydrogen-bond donors (Lipinski definition) is 0. The summed E-state index contributed by atoms with van der Waals surface area (Å²) in [5, 5.41) is 0. The van der Waals surface area contributed by atoms with Crippen LogP contribution in [0.3, 0.4) is 0 Å². The predicted molar refractivity (Wildman–Crippen MR) is 41.8 cm³/mol. The van der Waals surface area contributed by atoms with Crippen molar-refractivity contribution in [2.24, 2.45) is 0 Å². The van der Waals surface area contributed by atoms with Crippen LogP contribution in [0.15, 0.2) is 0 Å². The Labute approximate surface area is 130 Å². The first kappa shape index (κ1) is 18.7. The summed E-state index contributed by atoms with van der Waals surface area (Å²) < 4.78 is 36.4. The first-order chi connectivity index (χ1) is 6.74. The molecule has 86 valence electrons.